The zero-order valence-corrected chi connectivity index (χ0v) is 11.6. The van der Waals surface area contributed by atoms with Crippen LogP contribution >= 0.6 is 0 Å². The number of nitrogens with zero attached hydrogens (tertiary/aromatic N) is 3. The Kier molecular flexibility index (Phi) is 4.00. The molecule has 0 radical (unpaired) electrons. The number of nitrogen functional groups attached to an aromatic ring is 1. The first kappa shape index (κ1) is 14.4. The Morgan fingerprint density at radius 2 is 2.20 bits per heavy atom. The molecule has 0 saturated carbocycles. The number of hydrogen-bond acceptors (Lipinski definition) is 5. The average Bonchev–Trinajstić information content (AvgIpc) is 2.78. The van der Waals surface area contributed by atoms with E-state index in [1.54, 1.807) is 7.05 Å². The molecule has 2 aromatic rings. The largest absolute Gasteiger partial charge is 0.399 e. The maximum Gasteiger partial charge on any atom is 0.243 e. The van der Waals surface area contributed by atoms with Gasteiger partial charge in [0.05, 0.1) is 0 Å². The third kappa shape index (κ3) is 3.31. The van der Waals surface area contributed by atoms with Gasteiger partial charge >= 0.3 is 0 Å². The summed E-state index contributed by atoms with van der Waals surface area (Å²) in [5.41, 5.74) is 5.64. The van der Waals surface area contributed by atoms with E-state index in [9.17, 15) is 12.8 Å². The lowest BCUT2D eigenvalue weighted by atomic mass is 10.3. The first-order chi connectivity index (χ1) is 9.38. The number of aromatic nitrogens is 3. The van der Waals surface area contributed by atoms with Crippen molar-refractivity contribution in [1.82, 2.24) is 19.5 Å². The van der Waals surface area contributed by atoms with Crippen LogP contribution in [0.2, 0.25) is 0 Å². The summed E-state index contributed by atoms with van der Waals surface area (Å²) < 4.78 is 41.2. The molecule has 0 unspecified atom stereocenters. The molecule has 2 rings (SSSR count). The molecule has 0 saturated heterocycles. The predicted octanol–water partition coefficient (Wildman–Crippen LogP) is 0.0574. The number of anilines is 1. The van der Waals surface area contributed by atoms with Crippen LogP contribution in [0.15, 0.2) is 29.4 Å². The Morgan fingerprint density at radius 1 is 1.45 bits per heavy atom. The minimum atomic E-state index is -3.94. The van der Waals surface area contributed by atoms with Gasteiger partial charge in [0.15, 0.2) is 5.82 Å². The maximum absolute atomic E-state index is 13.5. The minimum absolute atomic E-state index is 0.0700. The fourth-order valence-electron chi connectivity index (χ4n) is 1.60. The van der Waals surface area contributed by atoms with E-state index < -0.39 is 20.7 Å². The second-order valence-electron chi connectivity index (χ2n) is 4.17. The monoisotopic (exact) mass is 299 g/mol. The smallest absolute Gasteiger partial charge is 0.243 e. The van der Waals surface area contributed by atoms with E-state index in [4.69, 9.17) is 5.73 Å². The average molecular weight is 299 g/mol. The van der Waals surface area contributed by atoms with Crippen LogP contribution in [0.5, 0.6) is 0 Å². The van der Waals surface area contributed by atoms with Crippen LogP contribution in [-0.4, -0.2) is 29.7 Å². The lowest BCUT2D eigenvalue weighted by Crippen LogP contribution is -2.27. The van der Waals surface area contributed by atoms with Crippen molar-refractivity contribution >= 4 is 15.7 Å². The van der Waals surface area contributed by atoms with E-state index in [1.165, 1.54) is 17.1 Å². The molecule has 0 bridgehead atoms. The van der Waals surface area contributed by atoms with E-state index in [0.717, 1.165) is 12.1 Å². The standard InChI is InChI=1S/C11H14FN5O2S/c1-17-7-14-11(16-17)4-5-15-20(18,19)10-6-8(13)2-3-9(10)12/h2-3,6-7,15H,4-5,13H2,1H3. The zero-order chi connectivity index (χ0) is 14.8. The van der Waals surface area contributed by atoms with Gasteiger partial charge in [0, 0.05) is 25.7 Å². The summed E-state index contributed by atoms with van der Waals surface area (Å²) in [6, 6.07) is 3.40. The van der Waals surface area contributed by atoms with E-state index in [0.29, 0.717) is 12.2 Å². The second kappa shape index (κ2) is 5.55. The van der Waals surface area contributed by atoms with Crippen LogP contribution in [0, 0.1) is 5.82 Å². The van der Waals surface area contributed by atoms with Gasteiger partial charge in [-0.2, -0.15) is 5.10 Å². The first-order valence-corrected chi connectivity index (χ1v) is 7.26. The number of benzene rings is 1. The van der Waals surface area contributed by atoms with Crippen molar-refractivity contribution in [3.8, 4) is 0 Å². The fourth-order valence-corrected chi connectivity index (χ4v) is 2.74. The summed E-state index contributed by atoms with van der Waals surface area (Å²) in [5.74, 6) is -0.342. The lowest BCUT2D eigenvalue weighted by molar-refractivity contribution is 0.557. The number of nitrogens with one attached hydrogen (secondary N) is 1. The van der Waals surface area contributed by atoms with Gasteiger partial charge in [-0.05, 0) is 18.2 Å². The summed E-state index contributed by atoms with van der Waals surface area (Å²) in [5, 5.41) is 4.01. The molecule has 1 heterocycles. The quantitative estimate of drug-likeness (QED) is 0.760. The van der Waals surface area contributed by atoms with Gasteiger partial charge < -0.3 is 5.73 Å². The van der Waals surface area contributed by atoms with Crippen molar-refractivity contribution in [2.75, 3.05) is 12.3 Å². The van der Waals surface area contributed by atoms with Gasteiger partial charge in [-0.1, -0.05) is 0 Å². The van der Waals surface area contributed by atoms with Crippen LogP contribution < -0.4 is 10.5 Å². The molecular formula is C11H14FN5O2S. The summed E-state index contributed by atoms with van der Waals surface area (Å²) in [4.78, 5) is 3.50. The Bertz CT molecular complexity index is 713. The number of halogens is 1. The molecule has 0 aliphatic rings. The molecule has 0 aliphatic carbocycles. The molecule has 0 fully saturated rings. The minimum Gasteiger partial charge on any atom is -0.399 e. The molecular weight excluding hydrogens is 285 g/mol. The topological polar surface area (TPSA) is 103 Å². The number of sulfonamides is 1. The number of aryl methyl sites for hydroxylation is 1. The highest BCUT2D eigenvalue weighted by atomic mass is 32.2. The second-order valence-corrected chi connectivity index (χ2v) is 5.91. The van der Waals surface area contributed by atoms with E-state index >= 15 is 0 Å². The maximum atomic E-state index is 13.5. The third-order valence-electron chi connectivity index (χ3n) is 2.53. The molecule has 1 aromatic carbocycles. The van der Waals surface area contributed by atoms with Crippen molar-refractivity contribution in [2.45, 2.75) is 11.3 Å². The van der Waals surface area contributed by atoms with Crippen LogP contribution in [0.3, 0.4) is 0 Å². The van der Waals surface area contributed by atoms with Crippen LogP contribution in [0.25, 0.3) is 0 Å². The van der Waals surface area contributed by atoms with Gasteiger partial charge in [-0.15, -0.1) is 0 Å². The van der Waals surface area contributed by atoms with Crippen molar-refractivity contribution in [3.05, 3.63) is 36.2 Å². The molecule has 108 valence electrons. The molecule has 3 N–H and O–H groups in total. The Labute approximate surface area is 115 Å². The van der Waals surface area contributed by atoms with Gasteiger partial charge in [0.2, 0.25) is 10.0 Å². The van der Waals surface area contributed by atoms with Gasteiger partial charge in [-0.3, -0.25) is 4.68 Å². The van der Waals surface area contributed by atoms with Crippen LogP contribution in [0.4, 0.5) is 10.1 Å². The highest BCUT2D eigenvalue weighted by Gasteiger charge is 2.19. The Hall–Kier alpha value is -2.00. The van der Waals surface area contributed by atoms with Gasteiger partial charge in [-0.25, -0.2) is 22.5 Å². The fraction of sp³-hybridized carbons (Fsp3) is 0.273. The van der Waals surface area contributed by atoms with Crippen molar-refractivity contribution < 1.29 is 12.8 Å². The van der Waals surface area contributed by atoms with E-state index in [1.807, 2.05) is 0 Å². The highest BCUT2D eigenvalue weighted by molar-refractivity contribution is 7.89. The third-order valence-corrected chi connectivity index (χ3v) is 4.01. The molecule has 9 heteroatoms. The van der Waals surface area contributed by atoms with E-state index in [2.05, 4.69) is 14.8 Å². The predicted molar refractivity (Wildman–Crippen MR) is 70.7 cm³/mol. The molecule has 0 aliphatic heterocycles. The summed E-state index contributed by atoms with van der Waals surface area (Å²) >= 11 is 0. The van der Waals surface area contributed by atoms with Crippen molar-refractivity contribution in [3.63, 3.8) is 0 Å². The molecule has 1 aromatic heterocycles. The van der Waals surface area contributed by atoms with Gasteiger partial charge in [0.1, 0.15) is 17.0 Å². The molecule has 0 spiro atoms. The SMILES string of the molecule is Cn1cnc(CCNS(=O)(=O)c2cc(N)ccc2F)n1. The lowest BCUT2D eigenvalue weighted by Gasteiger charge is -2.07. The van der Waals surface area contributed by atoms with Gasteiger partial charge in [0.25, 0.3) is 0 Å². The molecule has 20 heavy (non-hydrogen) atoms. The summed E-state index contributed by atoms with van der Waals surface area (Å²) in [6.45, 7) is 0.0700. The Morgan fingerprint density at radius 3 is 2.85 bits per heavy atom. The van der Waals surface area contributed by atoms with Crippen molar-refractivity contribution in [2.24, 2.45) is 7.05 Å². The van der Waals surface area contributed by atoms with Crippen LogP contribution in [0.1, 0.15) is 5.82 Å². The number of hydrogen-bond donors (Lipinski definition) is 2. The van der Waals surface area contributed by atoms with Crippen LogP contribution in [-0.2, 0) is 23.5 Å². The summed E-state index contributed by atoms with van der Waals surface area (Å²) in [7, 11) is -2.23. The Balaban J connectivity index is 2.06. The number of rotatable bonds is 5. The zero-order valence-electron chi connectivity index (χ0n) is 10.7. The highest BCUT2D eigenvalue weighted by Crippen LogP contribution is 2.17. The van der Waals surface area contributed by atoms with Crippen molar-refractivity contribution in [1.29, 1.82) is 0 Å². The normalized spacial score (nSPS) is 11.7. The summed E-state index contributed by atoms with van der Waals surface area (Å²) in [6.07, 6.45) is 1.82. The molecule has 7 nitrogen and oxygen atoms in total. The first-order valence-electron chi connectivity index (χ1n) is 5.78. The van der Waals surface area contributed by atoms with E-state index in [-0.39, 0.29) is 12.2 Å². The number of nitrogens with two attached hydrogens (primary N) is 1. The molecule has 0 amide bonds. The molecule has 0 atom stereocenters.